The van der Waals surface area contributed by atoms with Crippen molar-refractivity contribution in [2.75, 3.05) is 37.4 Å². The summed E-state index contributed by atoms with van der Waals surface area (Å²) in [6, 6.07) is 0. The van der Waals surface area contributed by atoms with E-state index in [2.05, 4.69) is 35.7 Å². The standard InChI is InChI=1S/C12H18N8O/c1-13-10-17-11(15-4-2-9-3-5-21-6-9)19-12(18-10)20-8-14-7-16-20/h7-9H,2-6H2,1H3,(H2,13,15,17,18,19). The molecule has 1 unspecified atom stereocenters. The maximum atomic E-state index is 5.37. The highest BCUT2D eigenvalue weighted by Gasteiger charge is 2.15. The van der Waals surface area contributed by atoms with Crippen molar-refractivity contribution < 1.29 is 4.74 Å². The van der Waals surface area contributed by atoms with E-state index >= 15 is 0 Å². The molecule has 0 aliphatic carbocycles. The zero-order valence-electron chi connectivity index (χ0n) is 11.9. The molecule has 3 heterocycles. The van der Waals surface area contributed by atoms with Crippen molar-refractivity contribution in [1.82, 2.24) is 29.7 Å². The van der Waals surface area contributed by atoms with Gasteiger partial charge in [0.1, 0.15) is 12.7 Å². The molecule has 0 amide bonds. The molecule has 1 saturated heterocycles. The second-order valence-electron chi connectivity index (χ2n) is 4.82. The first-order valence-corrected chi connectivity index (χ1v) is 6.95. The lowest BCUT2D eigenvalue weighted by Crippen LogP contribution is -2.14. The highest BCUT2D eigenvalue weighted by Crippen LogP contribution is 2.16. The molecule has 2 aromatic rings. The van der Waals surface area contributed by atoms with Crippen molar-refractivity contribution in [3.8, 4) is 5.95 Å². The first-order valence-electron chi connectivity index (χ1n) is 6.95. The van der Waals surface area contributed by atoms with Gasteiger partial charge >= 0.3 is 0 Å². The summed E-state index contributed by atoms with van der Waals surface area (Å²) < 4.78 is 6.87. The number of hydrogen-bond acceptors (Lipinski definition) is 8. The molecule has 9 nitrogen and oxygen atoms in total. The molecule has 112 valence electrons. The minimum atomic E-state index is 0.429. The third-order valence-corrected chi connectivity index (χ3v) is 3.33. The second-order valence-corrected chi connectivity index (χ2v) is 4.82. The van der Waals surface area contributed by atoms with E-state index in [0.717, 1.165) is 32.6 Å². The Morgan fingerprint density at radius 1 is 1.33 bits per heavy atom. The number of rotatable bonds is 6. The predicted octanol–water partition coefficient (Wildman–Crippen LogP) is 0.332. The smallest absolute Gasteiger partial charge is 0.258 e. The van der Waals surface area contributed by atoms with Crippen LogP contribution in [0.15, 0.2) is 12.7 Å². The molecule has 0 aromatic carbocycles. The van der Waals surface area contributed by atoms with Crippen LogP contribution >= 0.6 is 0 Å². The largest absolute Gasteiger partial charge is 0.381 e. The monoisotopic (exact) mass is 290 g/mol. The van der Waals surface area contributed by atoms with Crippen LogP contribution < -0.4 is 10.6 Å². The molecule has 1 aliphatic heterocycles. The van der Waals surface area contributed by atoms with Gasteiger partial charge in [0, 0.05) is 26.8 Å². The second kappa shape index (κ2) is 6.44. The van der Waals surface area contributed by atoms with Gasteiger partial charge in [0.25, 0.3) is 5.95 Å². The summed E-state index contributed by atoms with van der Waals surface area (Å²) in [4.78, 5) is 16.8. The molecule has 1 fully saturated rings. The van der Waals surface area contributed by atoms with E-state index in [1.54, 1.807) is 13.4 Å². The Balaban J connectivity index is 1.67. The summed E-state index contributed by atoms with van der Waals surface area (Å²) in [6.45, 7) is 2.53. The van der Waals surface area contributed by atoms with E-state index in [1.807, 2.05) is 0 Å². The molecule has 2 aromatic heterocycles. The molecule has 3 rings (SSSR count). The quantitative estimate of drug-likeness (QED) is 0.784. The van der Waals surface area contributed by atoms with Gasteiger partial charge in [0.15, 0.2) is 0 Å². The van der Waals surface area contributed by atoms with Gasteiger partial charge in [0.05, 0.1) is 0 Å². The molecule has 1 aliphatic rings. The Hall–Kier alpha value is -2.29. The van der Waals surface area contributed by atoms with Crippen molar-refractivity contribution in [1.29, 1.82) is 0 Å². The van der Waals surface area contributed by atoms with Crippen LogP contribution in [0.1, 0.15) is 12.8 Å². The predicted molar refractivity (Wildman–Crippen MR) is 76.3 cm³/mol. The summed E-state index contributed by atoms with van der Waals surface area (Å²) in [5, 5.41) is 10.2. The average molecular weight is 290 g/mol. The van der Waals surface area contributed by atoms with Crippen molar-refractivity contribution >= 4 is 11.9 Å². The molecule has 0 spiro atoms. The van der Waals surface area contributed by atoms with E-state index in [4.69, 9.17) is 4.74 Å². The fraction of sp³-hybridized carbons (Fsp3) is 0.583. The zero-order chi connectivity index (χ0) is 14.5. The lowest BCUT2D eigenvalue weighted by molar-refractivity contribution is 0.185. The van der Waals surface area contributed by atoms with E-state index < -0.39 is 0 Å². The van der Waals surface area contributed by atoms with Crippen LogP contribution in [0.5, 0.6) is 0 Å². The van der Waals surface area contributed by atoms with Crippen molar-refractivity contribution in [3.05, 3.63) is 12.7 Å². The number of aromatic nitrogens is 6. The van der Waals surface area contributed by atoms with E-state index in [1.165, 1.54) is 11.0 Å². The molecule has 0 saturated carbocycles. The molecule has 0 radical (unpaired) electrons. The third kappa shape index (κ3) is 3.43. The topological polar surface area (TPSA) is 103 Å². The summed E-state index contributed by atoms with van der Waals surface area (Å²) in [5.41, 5.74) is 0. The average Bonchev–Trinajstić information content (AvgIpc) is 3.20. The molecular weight excluding hydrogens is 272 g/mol. The van der Waals surface area contributed by atoms with Crippen molar-refractivity contribution in [3.63, 3.8) is 0 Å². The van der Waals surface area contributed by atoms with Gasteiger partial charge in [-0.15, -0.1) is 0 Å². The first-order chi connectivity index (χ1) is 10.3. The number of ether oxygens (including phenoxy) is 1. The molecular formula is C12H18N8O. The highest BCUT2D eigenvalue weighted by atomic mass is 16.5. The Kier molecular flexibility index (Phi) is 4.20. The highest BCUT2D eigenvalue weighted by molar-refractivity contribution is 5.37. The van der Waals surface area contributed by atoms with Crippen LogP contribution in [-0.4, -0.2) is 56.5 Å². The SMILES string of the molecule is CNc1nc(NCCC2CCOC2)nc(-n2cncn2)n1. The molecule has 2 N–H and O–H groups in total. The third-order valence-electron chi connectivity index (χ3n) is 3.33. The van der Waals surface area contributed by atoms with Gasteiger partial charge in [0.2, 0.25) is 11.9 Å². The Bertz CT molecular complexity index is 567. The Labute approximate surface area is 122 Å². The van der Waals surface area contributed by atoms with Crippen LogP contribution in [0, 0.1) is 5.92 Å². The van der Waals surface area contributed by atoms with Crippen molar-refractivity contribution in [2.24, 2.45) is 5.92 Å². The lowest BCUT2D eigenvalue weighted by atomic mass is 10.1. The summed E-state index contributed by atoms with van der Waals surface area (Å²) in [5.74, 6) is 2.07. The maximum Gasteiger partial charge on any atom is 0.258 e. The van der Waals surface area contributed by atoms with Crippen LogP contribution in [0.2, 0.25) is 0 Å². The van der Waals surface area contributed by atoms with Crippen LogP contribution in [0.3, 0.4) is 0 Å². The van der Waals surface area contributed by atoms with Gasteiger partial charge in [-0.3, -0.25) is 0 Å². The van der Waals surface area contributed by atoms with E-state index in [-0.39, 0.29) is 0 Å². The normalized spacial score (nSPS) is 17.9. The van der Waals surface area contributed by atoms with E-state index in [9.17, 15) is 0 Å². The summed E-state index contributed by atoms with van der Waals surface area (Å²) in [6.07, 6.45) is 5.16. The molecule has 0 bridgehead atoms. The fourth-order valence-corrected chi connectivity index (χ4v) is 2.17. The van der Waals surface area contributed by atoms with Crippen molar-refractivity contribution in [2.45, 2.75) is 12.8 Å². The van der Waals surface area contributed by atoms with E-state index in [0.29, 0.717) is 23.8 Å². The van der Waals surface area contributed by atoms with Crippen LogP contribution in [-0.2, 0) is 4.74 Å². The number of anilines is 2. The van der Waals surface area contributed by atoms with Gasteiger partial charge < -0.3 is 15.4 Å². The summed E-state index contributed by atoms with van der Waals surface area (Å²) >= 11 is 0. The van der Waals surface area contributed by atoms with Crippen LogP contribution in [0.25, 0.3) is 5.95 Å². The molecule has 9 heteroatoms. The maximum absolute atomic E-state index is 5.37. The number of nitrogens with zero attached hydrogens (tertiary/aromatic N) is 6. The molecule has 21 heavy (non-hydrogen) atoms. The van der Waals surface area contributed by atoms with Gasteiger partial charge in [-0.25, -0.2) is 4.98 Å². The Morgan fingerprint density at radius 2 is 2.24 bits per heavy atom. The lowest BCUT2D eigenvalue weighted by Gasteiger charge is -2.10. The van der Waals surface area contributed by atoms with Gasteiger partial charge in [-0.1, -0.05) is 0 Å². The van der Waals surface area contributed by atoms with Gasteiger partial charge in [-0.05, 0) is 18.8 Å². The van der Waals surface area contributed by atoms with Crippen LogP contribution in [0.4, 0.5) is 11.9 Å². The first kappa shape index (κ1) is 13.7. The summed E-state index contributed by atoms with van der Waals surface area (Å²) in [7, 11) is 1.76. The fourth-order valence-electron chi connectivity index (χ4n) is 2.17. The van der Waals surface area contributed by atoms with Gasteiger partial charge in [-0.2, -0.15) is 24.7 Å². The minimum absolute atomic E-state index is 0.429. The zero-order valence-corrected chi connectivity index (χ0v) is 11.9. The number of nitrogens with one attached hydrogen (secondary N) is 2. The minimum Gasteiger partial charge on any atom is -0.381 e. The number of hydrogen-bond donors (Lipinski definition) is 2. The Morgan fingerprint density at radius 3 is 2.95 bits per heavy atom. The molecule has 1 atom stereocenters.